The SMILES string of the molecule is CC1CCCCCN1C[C@@H](O)CN. The van der Waals surface area contributed by atoms with Crippen LogP contribution in [0.3, 0.4) is 0 Å². The maximum atomic E-state index is 9.45. The van der Waals surface area contributed by atoms with Gasteiger partial charge in [-0.25, -0.2) is 0 Å². The summed E-state index contributed by atoms with van der Waals surface area (Å²) >= 11 is 0. The van der Waals surface area contributed by atoms with Crippen LogP contribution in [0.5, 0.6) is 0 Å². The summed E-state index contributed by atoms with van der Waals surface area (Å²) in [7, 11) is 0. The summed E-state index contributed by atoms with van der Waals surface area (Å²) in [6.45, 7) is 4.49. The number of aliphatic hydroxyl groups is 1. The second kappa shape index (κ2) is 5.58. The lowest BCUT2D eigenvalue weighted by Gasteiger charge is -2.28. The van der Waals surface area contributed by atoms with Crippen molar-refractivity contribution in [1.29, 1.82) is 0 Å². The van der Waals surface area contributed by atoms with Crippen molar-refractivity contribution >= 4 is 0 Å². The molecule has 1 fully saturated rings. The number of β-amino-alcohol motifs (C(OH)–C–C–N with tert-alkyl or cyclic N) is 1. The van der Waals surface area contributed by atoms with E-state index in [1.165, 1.54) is 25.7 Å². The highest BCUT2D eigenvalue weighted by Crippen LogP contribution is 2.16. The van der Waals surface area contributed by atoms with Crippen LogP contribution in [0.25, 0.3) is 0 Å². The molecular weight excluding hydrogens is 164 g/mol. The molecule has 78 valence electrons. The first kappa shape index (κ1) is 11.0. The van der Waals surface area contributed by atoms with E-state index in [1.807, 2.05) is 0 Å². The van der Waals surface area contributed by atoms with E-state index >= 15 is 0 Å². The van der Waals surface area contributed by atoms with Crippen molar-refractivity contribution in [3.05, 3.63) is 0 Å². The summed E-state index contributed by atoms with van der Waals surface area (Å²) in [6, 6.07) is 0.615. The van der Waals surface area contributed by atoms with Gasteiger partial charge >= 0.3 is 0 Å². The van der Waals surface area contributed by atoms with Gasteiger partial charge in [0, 0.05) is 19.1 Å². The van der Waals surface area contributed by atoms with Crippen molar-refractivity contribution in [3.8, 4) is 0 Å². The highest BCUT2D eigenvalue weighted by molar-refractivity contribution is 4.74. The minimum Gasteiger partial charge on any atom is -0.390 e. The largest absolute Gasteiger partial charge is 0.390 e. The molecule has 1 heterocycles. The molecule has 1 unspecified atom stereocenters. The fraction of sp³-hybridized carbons (Fsp3) is 1.00. The molecule has 1 aliphatic rings. The van der Waals surface area contributed by atoms with Crippen molar-refractivity contribution in [2.75, 3.05) is 19.6 Å². The lowest BCUT2D eigenvalue weighted by Crippen LogP contribution is -2.41. The monoisotopic (exact) mass is 186 g/mol. The molecule has 0 radical (unpaired) electrons. The minimum atomic E-state index is -0.347. The van der Waals surface area contributed by atoms with E-state index in [4.69, 9.17) is 5.73 Å². The average Bonchev–Trinajstić information content (AvgIpc) is 2.32. The van der Waals surface area contributed by atoms with Gasteiger partial charge in [0.15, 0.2) is 0 Å². The normalized spacial score (nSPS) is 28.4. The lowest BCUT2D eigenvalue weighted by molar-refractivity contribution is 0.0981. The van der Waals surface area contributed by atoms with Crippen molar-refractivity contribution < 1.29 is 5.11 Å². The van der Waals surface area contributed by atoms with Gasteiger partial charge in [0.25, 0.3) is 0 Å². The smallest absolute Gasteiger partial charge is 0.0789 e. The Morgan fingerprint density at radius 2 is 2.23 bits per heavy atom. The summed E-state index contributed by atoms with van der Waals surface area (Å²) in [4.78, 5) is 2.37. The molecule has 0 aromatic heterocycles. The average molecular weight is 186 g/mol. The fourth-order valence-corrected chi connectivity index (χ4v) is 1.95. The quantitative estimate of drug-likeness (QED) is 0.677. The van der Waals surface area contributed by atoms with Gasteiger partial charge in [-0.05, 0) is 26.3 Å². The van der Waals surface area contributed by atoms with Crippen LogP contribution < -0.4 is 5.73 Å². The zero-order valence-electron chi connectivity index (χ0n) is 8.58. The second-order valence-corrected chi connectivity index (χ2v) is 4.08. The second-order valence-electron chi connectivity index (χ2n) is 4.08. The molecule has 0 aliphatic carbocycles. The van der Waals surface area contributed by atoms with E-state index in [0.29, 0.717) is 12.6 Å². The van der Waals surface area contributed by atoms with E-state index in [9.17, 15) is 5.11 Å². The molecule has 0 aromatic rings. The van der Waals surface area contributed by atoms with Crippen LogP contribution in [0.2, 0.25) is 0 Å². The molecule has 0 aromatic carbocycles. The molecule has 13 heavy (non-hydrogen) atoms. The zero-order valence-corrected chi connectivity index (χ0v) is 8.58. The van der Waals surface area contributed by atoms with Crippen LogP contribution in [-0.2, 0) is 0 Å². The Bertz CT molecular complexity index is 141. The number of hydrogen-bond donors (Lipinski definition) is 2. The molecule has 0 bridgehead atoms. The first-order chi connectivity index (χ1) is 6.24. The standard InChI is InChI=1S/C10H22N2O/c1-9-5-3-2-4-6-12(9)8-10(13)7-11/h9-10,13H,2-8,11H2,1H3/t9?,10-/m0/s1. The maximum Gasteiger partial charge on any atom is 0.0789 e. The van der Waals surface area contributed by atoms with Gasteiger partial charge in [-0.1, -0.05) is 12.8 Å². The van der Waals surface area contributed by atoms with E-state index < -0.39 is 0 Å². The van der Waals surface area contributed by atoms with Crippen LogP contribution in [0.15, 0.2) is 0 Å². The first-order valence-corrected chi connectivity index (χ1v) is 5.36. The maximum absolute atomic E-state index is 9.45. The number of likely N-dealkylation sites (tertiary alicyclic amines) is 1. The van der Waals surface area contributed by atoms with Crippen molar-refractivity contribution in [3.63, 3.8) is 0 Å². The Hall–Kier alpha value is -0.120. The highest BCUT2D eigenvalue weighted by Gasteiger charge is 2.18. The molecule has 0 amide bonds. The summed E-state index contributed by atoms with van der Waals surface area (Å²) in [5.74, 6) is 0. The van der Waals surface area contributed by atoms with Crippen LogP contribution in [0.1, 0.15) is 32.6 Å². The Kier molecular flexibility index (Phi) is 4.70. The van der Waals surface area contributed by atoms with Gasteiger partial charge in [-0.3, -0.25) is 4.90 Å². The third-order valence-corrected chi connectivity index (χ3v) is 2.91. The van der Waals surface area contributed by atoms with Gasteiger partial charge < -0.3 is 10.8 Å². The van der Waals surface area contributed by atoms with Crippen LogP contribution in [0, 0.1) is 0 Å². The summed E-state index contributed by atoms with van der Waals surface area (Å²) in [6.07, 6.45) is 4.84. The molecule has 0 saturated carbocycles. The summed E-state index contributed by atoms with van der Waals surface area (Å²) < 4.78 is 0. The van der Waals surface area contributed by atoms with E-state index in [1.54, 1.807) is 0 Å². The molecule has 1 rings (SSSR count). The molecule has 1 aliphatic heterocycles. The molecule has 0 spiro atoms. The molecular formula is C10H22N2O. The summed E-state index contributed by atoms with van der Waals surface area (Å²) in [5, 5.41) is 9.45. The van der Waals surface area contributed by atoms with Crippen molar-refractivity contribution in [2.45, 2.75) is 44.8 Å². The number of hydrogen-bond acceptors (Lipinski definition) is 3. The minimum absolute atomic E-state index is 0.347. The predicted molar refractivity (Wildman–Crippen MR) is 54.6 cm³/mol. The number of nitrogens with two attached hydrogens (primary N) is 1. The van der Waals surface area contributed by atoms with Gasteiger partial charge in [-0.15, -0.1) is 0 Å². The highest BCUT2D eigenvalue weighted by atomic mass is 16.3. The topological polar surface area (TPSA) is 49.5 Å². The Balaban J connectivity index is 2.35. The van der Waals surface area contributed by atoms with Crippen molar-refractivity contribution in [2.24, 2.45) is 5.73 Å². The Morgan fingerprint density at radius 3 is 2.92 bits per heavy atom. The number of aliphatic hydroxyl groups excluding tert-OH is 1. The zero-order chi connectivity index (χ0) is 9.68. The molecule has 3 N–H and O–H groups in total. The van der Waals surface area contributed by atoms with Crippen molar-refractivity contribution in [1.82, 2.24) is 4.90 Å². The van der Waals surface area contributed by atoms with E-state index in [0.717, 1.165) is 13.1 Å². The molecule has 3 heteroatoms. The van der Waals surface area contributed by atoms with Gasteiger partial charge in [0.05, 0.1) is 6.10 Å². The molecule has 1 saturated heterocycles. The number of nitrogens with zero attached hydrogens (tertiary/aromatic N) is 1. The van der Waals surface area contributed by atoms with E-state index in [2.05, 4.69) is 11.8 Å². The Morgan fingerprint density at radius 1 is 1.46 bits per heavy atom. The Labute approximate surface area is 80.9 Å². The molecule has 2 atom stereocenters. The lowest BCUT2D eigenvalue weighted by atomic mass is 10.1. The van der Waals surface area contributed by atoms with Crippen LogP contribution in [-0.4, -0.2) is 41.8 Å². The fourth-order valence-electron chi connectivity index (χ4n) is 1.95. The third kappa shape index (κ3) is 3.63. The molecule has 3 nitrogen and oxygen atoms in total. The van der Waals surface area contributed by atoms with E-state index in [-0.39, 0.29) is 6.10 Å². The van der Waals surface area contributed by atoms with Gasteiger partial charge in [0.2, 0.25) is 0 Å². The van der Waals surface area contributed by atoms with Crippen LogP contribution >= 0.6 is 0 Å². The number of rotatable bonds is 3. The first-order valence-electron chi connectivity index (χ1n) is 5.36. The predicted octanol–water partition coefficient (Wildman–Crippen LogP) is 0.571. The van der Waals surface area contributed by atoms with Gasteiger partial charge in [-0.2, -0.15) is 0 Å². The van der Waals surface area contributed by atoms with Gasteiger partial charge in [0.1, 0.15) is 0 Å². The van der Waals surface area contributed by atoms with Crippen LogP contribution in [0.4, 0.5) is 0 Å². The third-order valence-electron chi connectivity index (χ3n) is 2.91. The summed E-state index contributed by atoms with van der Waals surface area (Å²) in [5.41, 5.74) is 5.40.